The molecule has 0 rings (SSSR count). The summed E-state index contributed by atoms with van der Waals surface area (Å²) in [5, 5.41) is 13.8. The van der Waals surface area contributed by atoms with Crippen molar-refractivity contribution >= 4 is 5.91 Å². The largest absolute Gasteiger partial charge is 0.376 e. The summed E-state index contributed by atoms with van der Waals surface area (Å²) >= 11 is 0. The van der Waals surface area contributed by atoms with Crippen LogP contribution in [0, 0.1) is 11.3 Å². The standard InChI is InChI=1S/C11H19N3O2/c1-10(2)9-16-7-6-13-8-11(15)14-5-3-4-12/h13H,1,3,5-9H2,2H3,(H,14,15). The third-order valence-corrected chi connectivity index (χ3v) is 1.62. The highest BCUT2D eigenvalue weighted by Crippen LogP contribution is 1.86. The summed E-state index contributed by atoms with van der Waals surface area (Å²) < 4.78 is 5.24. The molecule has 1 amide bonds. The van der Waals surface area contributed by atoms with Crippen LogP contribution < -0.4 is 10.6 Å². The Morgan fingerprint density at radius 1 is 1.50 bits per heavy atom. The van der Waals surface area contributed by atoms with E-state index in [0.717, 1.165) is 5.57 Å². The van der Waals surface area contributed by atoms with Gasteiger partial charge in [0.2, 0.25) is 5.91 Å². The maximum absolute atomic E-state index is 11.1. The van der Waals surface area contributed by atoms with Gasteiger partial charge >= 0.3 is 0 Å². The lowest BCUT2D eigenvalue weighted by molar-refractivity contribution is -0.120. The fraction of sp³-hybridized carbons (Fsp3) is 0.636. The number of carbonyl (C=O) groups excluding carboxylic acids is 1. The summed E-state index contributed by atoms with van der Waals surface area (Å²) in [6.07, 6.45) is 0.341. The fourth-order valence-corrected chi connectivity index (χ4v) is 0.913. The molecular weight excluding hydrogens is 206 g/mol. The molecular formula is C11H19N3O2. The molecule has 90 valence electrons. The van der Waals surface area contributed by atoms with E-state index in [-0.39, 0.29) is 12.5 Å². The summed E-state index contributed by atoms with van der Waals surface area (Å²) in [6.45, 7) is 7.99. The van der Waals surface area contributed by atoms with Crippen LogP contribution in [0.5, 0.6) is 0 Å². The SMILES string of the molecule is C=C(C)COCCNCC(=O)NCCC#N. The second kappa shape index (κ2) is 10.1. The van der Waals surface area contributed by atoms with Crippen LogP contribution in [0.15, 0.2) is 12.2 Å². The lowest BCUT2D eigenvalue weighted by atomic mass is 10.4. The fourth-order valence-electron chi connectivity index (χ4n) is 0.913. The maximum Gasteiger partial charge on any atom is 0.233 e. The molecule has 0 aromatic carbocycles. The van der Waals surface area contributed by atoms with Crippen molar-refractivity contribution in [3.8, 4) is 6.07 Å². The van der Waals surface area contributed by atoms with Crippen molar-refractivity contribution in [1.29, 1.82) is 5.26 Å². The van der Waals surface area contributed by atoms with Gasteiger partial charge in [-0.15, -0.1) is 0 Å². The van der Waals surface area contributed by atoms with Gasteiger partial charge in [-0.3, -0.25) is 4.79 Å². The molecule has 0 aliphatic rings. The van der Waals surface area contributed by atoms with Gasteiger partial charge < -0.3 is 15.4 Å². The van der Waals surface area contributed by atoms with Crippen molar-refractivity contribution in [2.24, 2.45) is 0 Å². The summed E-state index contributed by atoms with van der Waals surface area (Å²) in [5.74, 6) is -0.102. The first-order chi connectivity index (χ1) is 7.66. The number of carbonyl (C=O) groups is 1. The predicted octanol–water partition coefficient (Wildman–Crippen LogP) is 0.199. The third kappa shape index (κ3) is 10.7. The van der Waals surface area contributed by atoms with Crippen LogP contribution in [0.1, 0.15) is 13.3 Å². The quantitative estimate of drug-likeness (QED) is 0.434. The Kier molecular flexibility index (Phi) is 9.27. The van der Waals surface area contributed by atoms with E-state index in [4.69, 9.17) is 10.00 Å². The van der Waals surface area contributed by atoms with Gasteiger partial charge in [-0.2, -0.15) is 5.26 Å². The van der Waals surface area contributed by atoms with Gasteiger partial charge in [0.15, 0.2) is 0 Å². The number of amides is 1. The van der Waals surface area contributed by atoms with Gasteiger partial charge in [0.25, 0.3) is 0 Å². The molecule has 5 heteroatoms. The zero-order valence-electron chi connectivity index (χ0n) is 9.71. The van der Waals surface area contributed by atoms with Gasteiger partial charge in [0.1, 0.15) is 0 Å². The Morgan fingerprint density at radius 3 is 2.88 bits per heavy atom. The molecule has 0 unspecified atom stereocenters. The number of rotatable bonds is 9. The second-order valence-corrected chi connectivity index (χ2v) is 3.44. The molecule has 0 fully saturated rings. The minimum atomic E-state index is -0.102. The first-order valence-electron chi connectivity index (χ1n) is 5.23. The van der Waals surface area contributed by atoms with Crippen molar-refractivity contribution in [2.45, 2.75) is 13.3 Å². The van der Waals surface area contributed by atoms with Crippen molar-refractivity contribution in [2.75, 3.05) is 32.8 Å². The molecule has 0 aliphatic carbocycles. The number of nitrogens with one attached hydrogen (secondary N) is 2. The normalized spacial score (nSPS) is 9.50. The second-order valence-electron chi connectivity index (χ2n) is 3.44. The van der Waals surface area contributed by atoms with E-state index in [1.807, 2.05) is 13.0 Å². The highest BCUT2D eigenvalue weighted by atomic mass is 16.5. The molecule has 16 heavy (non-hydrogen) atoms. The minimum absolute atomic E-state index is 0.102. The van der Waals surface area contributed by atoms with E-state index in [1.54, 1.807) is 0 Å². The van der Waals surface area contributed by atoms with Crippen LogP contribution in [0.3, 0.4) is 0 Å². The molecule has 0 spiro atoms. The number of hydrogen-bond donors (Lipinski definition) is 2. The summed E-state index contributed by atoms with van der Waals surface area (Å²) in [5.41, 5.74) is 0.981. The smallest absolute Gasteiger partial charge is 0.233 e. The zero-order valence-corrected chi connectivity index (χ0v) is 9.71. The molecule has 2 N–H and O–H groups in total. The van der Waals surface area contributed by atoms with Crippen LogP contribution in [0.2, 0.25) is 0 Å². The van der Waals surface area contributed by atoms with Crippen LogP contribution >= 0.6 is 0 Å². The summed E-state index contributed by atoms with van der Waals surface area (Å²) in [6, 6.07) is 1.95. The summed E-state index contributed by atoms with van der Waals surface area (Å²) in [7, 11) is 0. The Balaban J connectivity index is 3.22. The van der Waals surface area contributed by atoms with Crippen molar-refractivity contribution < 1.29 is 9.53 Å². The van der Waals surface area contributed by atoms with Crippen molar-refractivity contribution in [1.82, 2.24) is 10.6 Å². The average molecular weight is 225 g/mol. The molecule has 0 atom stereocenters. The van der Waals surface area contributed by atoms with Crippen LogP contribution in [-0.4, -0.2) is 38.8 Å². The first kappa shape index (κ1) is 14.6. The third-order valence-electron chi connectivity index (χ3n) is 1.62. The van der Waals surface area contributed by atoms with Gasteiger partial charge in [-0.1, -0.05) is 12.2 Å². The van der Waals surface area contributed by atoms with Gasteiger partial charge in [0.05, 0.1) is 32.2 Å². The van der Waals surface area contributed by atoms with Crippen LogP contribution in [0.4, 0.5) is 0 Å². The van der Waals surface area contributed by atoms with E-state index in [9.17, 15) is 4.79 Å². The zero-order chi connectivity index (χ0) is 12.2. The minimum Gasteiger partial charge on any atom is -0.376 e. The topological polar surface area (TPSA) is 74.2 Å². The highest BCUT2D eigenvalue weighted by molar-refractivity contribution is 5.77. The van der Waals surface area contributed by atoms with Crippen molar-refractivity contribution in [3.63, 3.8) is 0 Å². The van der Waals surface area contributed by atoms with E-state index >= 15 is 0 Å². The molecule has 0 bridgehead atoms. The predicted molar refractivity (Wildman–Crippen MR) is 61.7 cm³/mol. The van der Waals surface area contributed by atoms with Crippen LogP contribution in [0.25, 0.3) is 0 Å². The highest BCUT2D eigenvalue weighted by Gasteiger charge is 1.98. The maximum atomic E-state index is 11.1. The molecule has 0 aliphatic heterocycles. The van der Waals surface area contributed by atoms with Crippen molar-refractivity contribution in [3.05, 3.63) is 12.2 Å². The molecule has 0 aromatic heterocycles. The summed E-state index contributed by atoms with van der Waals surface area (Å²) in [4.78, 5) is 11.1. The molecule has 0 saturated heterocycles. The first-order valence-corrected chi connectivity index (χ1v) is 5.23. The molecule has 5 nitrogen and oxygen atoms in total. The van der Waals surface area contributed by atoms with E-state index in [1.165, 1.54) is 0 Å². The average Bonchev–Trinajstić information content (AvgIpc) is 2.23. The van der Waals surface area contributed by atoms with Crippen LogP contribution in [-0.2, 0) is 9.53 Å². The number of hydrogen-bond acceptors (Lipinski definition) is 4. The Labute approximate surface area is 96.5 Å². The molecule has 0 heterocycles. The van der Waals surface area contributed by atoms with E-state index in [0.29, 0.717) is 32.7 Å². The molecule has 0 saturated carbocycles. The number of ether oxygens (including phenoxy) is 1. The molecule has 0 aromatic rings. The van der Waals surface area contributed by atoms with Gasteiger partial charge in [-0.05, 0) is 6.92 Å². The van der Waals surface area contributed by atoms with Gasteiger partial charge in [-0.25, -0.2) is 0 Å². The van der Waals surface area contributed by atoms with E-state index in [2.05, 4.69) is 17.2 Å². The molecule has 0 radical (unpaired) electrons. The number of nitriles is 1. The Hall–Kier alpha value is -1.38. The lowest BCUT2D eigenvalue weighted by Crippen LogP contribution is -2.35. The monoisotopic (exact) mass is 225 g/mol. The Morgan fingerprint density at radius 2 is 2.25 bits per heavy atom. The Bertz CT molecular complexity index is 258. The van der Waals surface area contributed by atoms with Gasteiger partial charge in [0, 0.05) is 13.1 Å². The van der Waals surface area contributed by atoms with E-state index < -0.39 is 0 Å². The number of nitrogens with zero attached hydrogens (tertiary/aromatic N) is 1. The lowest BCUT2D eigenvalue weighted by Gasteiger charge is -2.06.